The third kappa shape index (κ3) is 3.01. The quantitative estimate of drug-likeness (QED) is 0.798. The molecule has 2 fully saturated rings. The number of rotatable bonds is 2. The van der Waals surface area contributed by atoms with Gasteiger partial charge in [0.25, 0.3) is 0 Å². The Balaban J connectivity index is 1.65. The van der Waals surface area contributed by atoms with Gasteiger partial charge >= 0.3 is 0 Å². The van der Waals surface area contributed by atoms with Crippen molar-refractivity contribution in [2.24, 2.45) is 0 Å². The Hall–Kier alpha value is -1.26. The van der Waals surface area contributed by atoms with Crippen LogP contribution in [0.25, 0.3) is 0 Å². The molecule has 1 aromatic rings. The van der Waals surface area contributed by atoms with Crippen molar-refractivity contribution < 1.29 is 4.74 Å². The monoisotopic (exact) mass is 261 g/mol. The average molecular weight is 261 g/mol. The molecule has 0 amide bonds. The highest BCUT2D eigenvalue weighted by molar-refractivity contribution is 5.56. The number of piperazine rings is 1. The summed E-state index contributed by atoms with van der Waals surface area (Å²) < 4.78 is 5.40. The second-order valence-electron chi connectivity index (χ2n) is 5.41. The van der Waals surface area contributed by atoms with Crippen molar-refractivity contribution in [1.82, 2.24) is 4.90 Å². The van der Waals surface area contributed by atoms with Gasteiger partial charge in [-0.05, 0) is 31.3 Å². The molecule has 0 aromatic heterocycles. The first-order chi connectivity index (χ1) is 9.33. The molecule has 104 valence electrons. The average Bonchev–Trinajstić information content (AvgIpc) is 2.49. The van der Waals surface area contributed by atoms with E-state index < -0.39 is 0 Å². The van der Waals surface area contributed by atoms with E-state index in [1.165, 1.54) is 11.4 Å². The van der Waals surface area contributed by atoms with E-state index in [9.17, 15) is 0 Å². The number of likely N-dealkylation sites (N-methyl/N-ethyl adjacent to an activating group) is 1. The summed E-state index contributed by atoms with van der Waals surface area (Å²) in [4.78, 5) is 7.26. The first kappa shape index (κ1) is 12.8. The van der Waals surface area contributed by atoms with Crippen LogP contribution in [0.5, 0.6) is 0 Å². The lowest BCUT2D eigenvalue weighted by Crippen LogP contribution is -2.44. The molecule has 2 saturated heterocycles. The molecule has 1 aromatic carbocycles. The molecule has 0 atom stereocenters. The highest BCUT2D eigenvalue weighted by Crippen LogP contribution is 2.22. The number of anilines is 2. The van der Waals surface area contributed by atoms with Gasteiger partial charge in [0.2, 0.25) is 0 Å². The van der Waals surface area contributed by atoms with Crippen LogP contribution in [0, 0.1) is 0 Å². The molecule has 19 heavy (non-hydrogen) atoms. The lowest BCUT2D eigenvalue weighted by molar-refractivity contribution is 0.122. The predicted octanol–water partition coefficient (Wildman–Crippen LogP) is 1.27. The van der Waals surface area contributed by atoms with Crippen molar-refractivity contribution in [3.05, 3.63) is 24.3 Å². The van der Waals surface area contributed by atoms with Crippen LogP contribution < -0.4 is 9.80 Å². The van der Waals surface area contributed by atoms with Gasteiger partial charge in [0.15, 0.2) is 0 Å². The van der Waals surface area contributed by atoms with Gasteiger partial charge in [-0.1, -0.05) is 0 Å². The molecule has 4 nitrogen and oxygen atoms in total. The Bertz CT molecular complexity index is 392. The van der Waals surface area contributed by atoms with E-state index in [0.29, 0.717) is 0 Å². The van der Waals surface area contributed by atoms with Crippen LogP contribution in [0.2, 0.25) is 0 Å². The van der Waals surface area contributed by atoms with Crippen LogP contribution in [0.1, 0.15) is 0 Å². The predicted molar refractivity (Wildman–Crippen MR) is 79.2 cm³/mol. The van der Waals surface area contributed by atoms with E-state index in [-0.39, 0.29) is 0 Å². The molecule has 0 saturated carbocycles. The van der Waals surface area contributed by atoms with Crippen molar-refractivity contribution >= 4 is 11.4 Å². The minimum atomic E-state index is 0.847. The Morgan fingerprint density at radius 2 is 1.21 bits per heavy atom. The zero-order valence-corrected chi connectivity index (χ0v) is 11.7. The number of nitrogens with zero attached hydrogens (tertiary/aromatic N) is 3. The van der Waals surface area contributed by atoms with Gasteiger partial charge in [0, 0.05) is 50.6 Å². The first-order valence-electron chi connectivity index (χ1n) is 7.19. The summed E-state index contributed by atoms with van der Waals surface area (Å²) in [5.74, 6) is 0. The normalized spacial score (nSPS) is 21.7. The van der Waals surface area contributed by atoms with Crippen molar-refractivity contribution in [2.45, 2.75) is 0 Å². The summed E-state index contributed by atoms with van der Waals surface area (Å²) in [6, 6.07) is 9.02. The standard InChI is InChI=1S/C15H23N3O/c1-16-6-8-17(9-7-16)14-2-4-15(5-3-14)18-10-12-19-13-11-18/h2-5H,6-13H2,1H3. The minimum Gasteiger partial charge on any atom is -0.378 e. The highest BCUT2D eigenvalue weighted by atomic mass is 16.5. The zero-order chi connectivity index (χ0) is 13.1. The Morgan fingerprint density at radius 1 is 0.737 bits per heavy atom. The highest BCUT2D eigenvalue weighted by Gasteiger charge is 2.15. The fourth-order valence-electron chi connectivity index (χ4n) is 2.76. The maximum Gasteiger partial charge on any atom is 0.0642 e. The molecule has 2 aliphatic rings. The molecule has 4 heteroatoms. The second-order valence-corrected chi connectivity index (χ2v) is 5.41. The molecule has 0 aliphatic carbocycles. The van der Waals surface area contributed by atoms with Gasteiger partial charge in [-0.3, -0.25) is 0 Å². The van der Waals surface area contributed by atoms with E-state index in [1.807, 2.05) is 0 Å². The molecule has 0 spiro atoms. The summed E-state index contributed by atoms with van der Waals surface area (Å²) in [5.41, 5.74) is 2.67. The Labute approximate surface area is 115 Å². The zero-order valence-electron chi connectivity index (χ0n) is 11.7. The van der Waals surface area contributed by atoms with Crippen molar-refractivity contribution in [1.29, 1.82) is 0 Å². The van der Waals surface area contributed by atoms with Gasteiger partial charge in [0.05, 0.1) is 13.2 Å². The lowest BCUT2D eigenvalue weighted by Gasteiger charge is -2.34. The molecule has 0 unspecified atom stereocenters. The molecule has 3 rings (SSSR count). The van der Waals surface area contributed by atoms with Crippen LogP contribution >= 0.6 is 0 Å². The summed E-state index contributed by atoms with van der Waals surface area (Å²) in [6.45, 7) is 8.29. The van der Waals surface area contributed by atoms with Crippen LogP contribution in [-0.2, 0) is 4.74 Å². The number of hydrogen-bond donors (Lipinski definition) is 0. The minimum absolute atomic E-state index is 0.847. The van der Waals surface area contributed by atoms with Gasteiger partial charge in [0.1, 0.15) is 0 Å². The third-order valence-electron chi connectivity index (χ3n) is 4.09. The second kappa shape index (κ2) is 5.80. The van der Waals surface area contributed by atoms with E-state index in [4.69, 9.17) is 4.74 Å². The van der Waals surface area contributed by atoms with Crippen LogP contribution in [-0.4, -0.2) is 64.4 Å². The number of morpholine rings is 1. The van der Waals surface area contributed by atoms with E-state index in [2.05, 4.69) is 46.0 Å². The molecule has 0 radical (unpaired) electrons. The van der Waals surface area contributed by atoms with Crippen molar-refractivity contribution in [3.63, 3.8) is 0 Å². The van der Waals surface area contributed by atoms with Crippen LogP contribution in [0.15, 0.2) is 24.3 Å². The fraction of sp³-hybridized carbons (Fsp3) is 0.600. The maximum absolute atomic E-state index is 5.40. The maximum atomic E-state index is 5.40. The fourth-order valence-corrected chi connectivity index (χ4v) is 2.76. The molecule has 0 bridgehead atoms. The van der Waals surface area contributed by atoms with Crippen molar-refractivity contribution in [3.8, 4) is 0 Å². The molecular formula is C15H23N3O. The molecule has 2 aliphatic heterocycles. The van der Waals surface area contributed by atoms with Crippen molar-refractivity contribution in [2.75, 3.05) is 69.3 Å². The lowest BCUT2D eigenvalue weighted by atomic mass is 10.2. The summed E-state index contributed by atoms with van der Waals surface area (Å²) in [7, 11) is 2.19. The third-order valence-corrected chi connectivity index (χ3v) is 4.09. The summed E-state index contributed by atoms with van der Waals surface area (Å²) >= 11 is 0. The van der Waals surface area contributed by atoms with Gasteiger partial charge in [-0.25, -0.2) is 0 Å². The van der Waals surface area contributed by atoms with Gasteiger partial charge in [-0.2, -0.15) is 0 Å². The Morgan fingerprint density at radius 3 is 1.74 bits per heavy atom. The van der Waals surface area contributed by atoms with Gasteiger partial charge < -0.3 is 19.4 Å². The number of hydrogen-bond acceptors (Lipinski definition) is 4. The SMILES string of the molecule is CN1CCN(c2ccc(N3CCOCC3)cc2)CC1. The largest absolute Gasteiger partial charge is 0.378 e. The van der Waals surface area contributed by atoms with Crippen LogP contribution in [0.4, 0.5) is 11.4 Å². The summed E-state index contributed by atoms with van der Waals surface area (Å²) in [6.07, 6.45) is 0. The van der Waals surface area contributed by atoms with E-state index in [0.717, 1.165) is 52.5 Å². The molecular weight excluding hydrogens is 238 g/mol. The topological polar surface area (TPSA) is 19.0 Å². The van der Waals surface area contributed by atoms with Crippen LogP contribution in [0.3, 0.4) is 0 Å². The van der Waals surface area contributed by atoms with E-state index >= 15 is 0 Å². The molecule has 2 heterocycles. The molecule has 0 N–H and O–H groups in total. The van der Waals surface area contributed by atoms with E-state index in [1.54, 1.807) is 0 Å². The number of ether oxygens (including phenoxy) is 1. The van der Waals surface area contributed by atoms with Gasteiger partial charge in [-0.15, -0.1) is 0 Å². The summed E-state index contributed by atoms with van der Waals surface area (Å²) in [5, 5.41) is 0. The first-order valence-corrected chi connectivity index (χ1v) is 7.19. The smallest absolute Gasteiger partial charge is 0.0642 e. The number of benzene rings is 1. The Kier molecular flexibility index (Phi) is 3.89.